The number of ether oxygens (including phenoxy) is 1. The predicted molar refractivity (Wildman–Crippen MR) is 113 cm³/mol. The Morgan fingerprint density at radius 1 is 1.11 bits per heavy atom. The first-order valence-corrected chi connectivity index (χ1v) is 9.76. The molecule has 0 saturated heterocycles. The van der Waals surface area contributed by atoms with Crippen molar-refractivity contribution in [1.82, 2.24) is 19.7 Å². The molecule has 0 N–H and O–H groups in total. The van der Waals surface area contributed by atoms with Crippen LogP contribution in [0.2, 0.25) is 0 Å². The topological polar surface area (TPSA) is 56.1 Å². The van der Waals surface area contributed by atoms with Gasteiger partial charge in [0, 0.05) is 26.7 Å². The summed E-state index contributed by atoms with van der Waals surface area (Å²) in [5, 5.41) is 4.53. The lowest BCUT2D eigenvalue weighted by molar-refractivity contribution is 0.310. The summed E-state index contributed by atoms with van der Waals surface area (Å²) in [6, 6.07) is 12.2. The van der Waals surface area contributed by atoms with Crippen molar-refractivity contribution in [2.24, 2.45) is 7.05 Å². The van der Waals surface area contributed by atoms with Crippen LogP contribution in [-0.2, 0) is 13.5 Å². The minimum absolute atomic E-state index is 0.674. The Balaban J connectivity index is 1.65. The smallest absolute Gasteiger partial charge is 0.132 e. The van der Waals surface area contributed by atoms with E-state index in [1.807, 2.05) is 42.9 Å². The minimum atomic E-state index is 0.674. The Morgan fingerprint density at radius 3 is 2.61 bits per heavy atom. The van der Waals surface area contributed by atoms with E-state index in [1.54, 1.807) is 0 Å². The van der Waals surface area contributed by atoms with Gasteiger partial charge in [-0.3, -0.25) is 4.68 Å². The van der Waals surface area contributed by atoms with Crippen LogP contribution < -0.4 is 9.64 Å². The second kappa shape index (κ2) is 8.87. The van der Waals surface area contributed by atoms with Crippen LogP contribution in [0.25, 0.3) is 11.4 Å². The molecule has 1 aromatic carbocycles. The first-order valence-electron chi connectivity index (χ1n) is 9.76. The third kappa shape index (κ3) is 4.68. The van der Waals surface area contributed by atoms with E-state index < -0.39 is 0 Å². The largest absolute Gasteiger partial charge is 0.493 e. The second-order valence-electron chi connectivity index (χ2n) is 7.05. The number of aromatic nitrogens is 4. The number of rotatable bonds is 8. The highest BCUT2D eigenvalue weighted by atomic mass is 16.5. The molecule has 6 heteroatoms. The molecule has 2 heterocycles. The second-order valence-corrected chi connectivity index (χ2v) is 7.05. The average Bonchev–Trinajstić information content (AvgIpc) is 3.06. The quantitative estimate of drug-likeness (QED) is 0.555. The SMILES string of the molecule is CCc1cc(-c2cc(N(C)CCCOc3ccccc3C)nc(C)n2)n(C)n1. The van der Waals surface area contributed by atoms with Gasteiger partial charge in [0.2, 0.25) is 0 Å². The van der Waals surface area contributed by atoms with Crippen LogP contribution in [0, 0.1) is 13.8 Å². The number of nitrogens with zero attached hydrogens (tertiary/aromatic N) is 5. The molecule has 0 radical (unpaired) electrons. The molecule has 0 bridgehead atoms. The summed E-state index contributed by atoms with van der Waals surface area (Å²) >= 11 is 0. The lowest BCUT2D eigenvalue weighted by Gasteiger charge is -2.19. The van der Waals surface area contributed by atoms with Gasteiger partial charge in [-0.1, -0.05) is 25.1 Å². The molecule has 0 unspecified atom stereocenters. The molecule has 2 aromatic heterocycles. The Bertz CT molecular complexity index is 934. The normalized spacial score (nSPS) is 10.9. The van der Waals surface area contributed by atoms with Gasteiger partial charge in [0.15, 0.2) is 0 Å². The van der Waals surface area contributed by atoms with Crippen molar-refractivity contribution in [1.29, 1.82) is 0 Å². The van der Waals surface area contributed by atoms with Gasteiger partial charge in [0.25, 0.3) is 0 Å². The van der Waals surface area contributed by atoms with E-state index in [4.69, 9.17) is 4.74 Å². The average molecular weight is 380 g/mol. The maximum atomic E-state index is 5.90. The molecular formula is C22H29N5O. The monoisotopic (exact) mass is 379 g/mol. The highest BCUT2D eigenvalue weighted by Gasteiger charge is 2.12. The molecule has 6 nitrogen and oxygen atoms in total. The van der Waals surface area contributed by atoms with Crippen LogP contribution in [0.5, 0.6) is 5.75 Å². The molecule has 0 fully saturated rings. The van der Waals surface area contributed by atoms with Crippen LogP contribution in [0.4, 0.5) is 5.82 Å². The number of aryl methyl sites for hydroxylation is 4. The van der Waals surface area contributed by atoms with Crippen LogP contribution in [0.15, 0.2) is 36.4 Å². The summed E-state index contributed by atoms with van der Waals surface area (Å²) in [5.41, 5.74) is 4.15. The van der Waals surface area contributed by atoms with Crippen molar-refractivity contribution in [2.75, 3.05) is 25.1 Å². The van der Waals surface area contributed by atoms with Crippen molar-refractivity contribution in [2.45, 2.75) is 33.6 Å². The van der Waals surface area contributed by atoms with Gasteiger partial charge < -0.3 is 9.64 Å². The van der Waals surface area contributed by atoms with E-state index in [0.717, 1.165) is 59.4 Å². The van der Waals surface area contributed by atoms with Crippen molar-refractivity contribution >= 4 is 5.82 Å². The zero-order valence-corrected chi connectivity index (χ0v) is 17.4. The Labute approximate surface area is 167 Å². The van der Waals surface area contributed by atoms with Crippen LogP contribution in [0.1, 0.15) is 30.4 Å². The van der Waals surface area contributed by atoms with Gasteiger partial charge in [-0.05, 0) is 44.4 Å². The Kier molecular flexibility index (Phi) is 6.29. The van der Waals surface area contributed by atoms with Crippen molar-refractivity contribution < 1.29 is 4.74 Å². The molecule has 0 spiro atoms. The molecule has 0 aliphatic rings. The Morgan fingerprint density at radius 2 is 1.89 bits per heavy atom. The standard InChI is InChI=1S/C22H29N5O/c1-6-18-14-20(27(5)25-18)19-15-22(24-17(3)23-19)26(4)12-9-13-28-21-11-8-7-10-16(21)2/h7-8,10-11,14-15H,6,9,12-13H2,1-5H3. The van der Waals surface area contributed by atoms with Crippen LogP contribution in [-0.4, -0.2) is 39.9 Å². The summed E-state index contributed by atoms with van der Waals surface area (Å²) in [7, 11) is 4.01. The number of benzene rings is 1. The molecule has 28 heavy (non-hydrogen) atoms. The van der Waals surface area contributed by atoms with Crippen molar-refractivity contribution in [3.8, 4) is 17.1 Å². The van der Waals surface area contributed by atoms with Gasteiger partial charge >= 0.3 is 0 Å². The summed E-state index contributed by atoms with van der Waals surface area (Å²) in [6.07, 6.45) is 1.82. The number of para-hydroxylation sites is 1. The summed E-state index contributed by atoms with van der Waals surface area (Å²) in [6.45, 7) is 7.63. The number of anilines is 1. The molecule has 3 aromatic rings. The van der Waals surface area contributed by atoms with Gasteiger partial charge in [0.1, 0.15) is 17.4 Å². The third-order valence-corrected chi connectivity index (χ3v) is 4.76. The van der Waals surface area contributed by atoms with Gasteiger partial charge in [-0.15, -0.1) is 0 Å². The summed E-state index contributed by atoms with van der Waals surface area (Å²) in [5.74, 6) is 2.63. The van der Waals surface area contributed by atoms with Gasteiger partial charge in [-0.2, -0.15) is 5.10 Å². The highest BCUT2D eigenvalue weighted by molar-refractivity contribution is 5.60. The lowest BCUT2D eigenvalue weighted by atomic mass is 10.2. The van der Waals surface area contributed by atoms with E-state index in [-0.39, 0.29) is 0 Å². The summed E-state index contributed by atoms with van der Waals surface area (Å²) in [4.78, 5) is 11.4. The van der Waals surface area contributed by atoms with E-state index >= 15 is 0 Å². The molecule has 0 amide bonds. The molecule has 3 rings (SSSR count). The fourth-order valence-corrected chi connectivity index (χ4v) is 3.13. The molecule has 0 aliphatic carbocycles. The molecule has 0 aliphatic heterocycles. The van der Waals surface area contributed by atoms with E-state index in [2.05, 4.69) is 53.0 Å². The van der Waals surface area contributed by atoms with Gasteiger partial charge in [-0.25, -0.2) is 9.97 Å². The van der Waals surface area contributed by atoms with E-state index in [9.17, 15) is 0 Å². The van der Waals surface area contributed by atoms with Crippen molar-refractivity contribution in [3.63, 3.8) is 0 Å². The molecule has 148 valence electrons. The predicted octanol–water partition coefficient (Wildman–Crippen LogP) is 3.96. The molecule has 0 saturated carbocycles. The van der Waals surface area contributed by atoms with Crippen LogP contribution in [0.3, 0.4) is 0 Å². The lowest BCUT2D eigenvalue weighted by Crippen LogP contribution is -2.22. The highest BCUT2D eigenvalue weighted by Crippen LogP contribution is 2.22. The fraction of sp³-hybridized carbons (Fsp3) is 0.409. The van der Waals surface area contributed by atoms with E-state index in [1.165, 1.54) is 0 Å². The van der Waals surface area contributed by atoms with Crippen LogP contribution >= 0.6 is 0 Å². The minimum Gasteiger partial charge on any atom is -0.493 e. The number of hydrogen-bond donors (Lipinski definition) is 0. The summed E-state index contributed by atoms with van der Waals surface area (Å²) < 4.78 is 7.79. The fourth-order valence-electron chi connectivity index (χ4n) is 3.13. The third-order valence-electron chi connectivity index (χ3n) is 4.76. The number of hydrogen-bond acceptors (Lipinski definition) is 5. The first kappa shape index (κ1) is 19.9. The zero-order valence-electron chi connectivity index (χ0n) is 17.4. The first-order chi connectivity index (χ1) is 13.5. The maximum Gasteiger partial charge on any atom is 0.132 e. The van der Waals surface area contributed by atoms with Crippen molar-refractivity contribution in [3.05, 3.63) is 53.5 Å². The van der Waals surface area contributed by atoms with Gasteiger partial charge in [0.05, 0.1) is 23.7 Å². The molecule has 0 atom stereocenters. The Hall–Kier alpha value is -2.89. The van der Waals surface area contributed by atoms with E-state index in [0.29, 0.717) is 6.61 Å². The maximum absolute atomic E-state index is 5.90. The zero-order chi connectivity index (χ0) is 20.1. The molecular weight excluding hydrogens is 350 g/mol.